The first-order chi connectivity index (χ1) is 9.29. The van der Waals surface area contributed by atoms with Gasteiger partial charge in [0.05, 0.1) is 5.92 Å². The lowest BCUT2D eigenvalue weighted by molar-refractivity contribution is -0.120. The van der Waals surface area contributed by atoms with E-state index < -0.39 is 0 Å². The van der Waals surface area contributed by atoms with Gasteiger partial charge < -0.3 is 10.6 Å². The Balaban J connectivity index is 1.48. The quantitative estimate of drug-likeness (QED) is 0.852. The summed E-state index contributed by atoms with van der Waals surface area (Å²) in [6.07, 6.45) is 7.03. The second-order valence-electron chi connectivity index (χ2n) is 6.22. The van der Waals surface area contributed by atoms with E-state index in [0.717, 1.165) is 24.9 Å². The van der Waals surface area contributed by atoms with Crippen molar-refractivity contribution < 1.29 is 4.79 Å². The topological polar surface area (TPSA) is 41.1 Å². The lowest BCUT2D eigenvalue weighted by Gasteiger charge is -2.19. The number of nitrogens with one attached hydrogen (secondary N) is 2. The van der Waals surface area contributed by atoms with Crippen molar-refractivity contribution in [2.45, 2.75) is 50.6 Å². The van der Waals surface area contributed by atoms with Gasteiger partial charge in [-0.3, -0.25) is 4.79 Å². The van der Waals surface area contributed by atoms with E-state index in [1.807, 2.05) is 0 Å². The third kappa shape index (κ3) is 1.96. The number of amides is 1. The number of carbonyl (C=O) groups is 1. The summed E-state index contributed by atoms with van der Waals surface area (Å²) in [5, 5.41) is 6.64. The number of hydrogen-bond donors (Lipinski definition) is 2. The van der Waals surface area contributed by atoms with Gasteiger partial charge in [-0.25, -0.2) is 0 Å². The molecule has 0 spiro atoms. The molecule has 2 heterocycles. The van der Waals surface area contributed by atoms with E-state index in [2.05, 4.69) is 28.8 Å². The average molecular weight is 256 g/mol. The Bertz CT molecular complexity index is 525. The van der Waals surface area contributed by atoms with Crippen LogP contribution in [0, 0.1) is 5.92 Å². The maximum absolute atomic E-state index is 12.4. The first-order valence-corrected chi connectivity index (χ1v) is 7.48. The van der Waals surface area contributed by atoms with Gasteiger partial charge in [0, 0.05) is 17.8 Å². The van der Waals surface area contributed by atoms with Crippen LogP contribution in [0.25, 0.3) is 0 Å². The van der Waals surface area contributed by atoms with Crippen LogP contribution in [0.3, 0.4) is 0 Å². The number of rotatable bonds is 2. The molecule has 0 saturated carbocycles. The molecule has 2 N–H and O–H groups in total. The van der Waals surface area contributed by atoms with E-state index >= 15 is 0 Å². The molecule has 3 heteroatoms. The van der Waals surface area contributed by atoms with Gasteiger partial charge in [-0.2, -0.15) is 0 Å². The maximum Gasteiger partial charge on any atom is 0.229 e. The SMILES string of the molecule is O=C(Nc1ccc2c(c1)CCC2)C1CC2CCC1N2. The van der Waals surface area contributed by atoms with Crippen LogP contribution in [-0.2, 0) is 17.6 Å². The molecule has 3 aliphatic rings. The van der Waals surface area contributed by atoms with Crippen molar-refractivity contribution in [1.29, 1.82) is 0 Å². The predicted molar refractivity (Wildman–Crippen MR) is 75.1 cm³/mol. The zero-order valence-electron chi connectivity index (χ0n) is 11.1. The van der Waals surface area contributed by atoms with Crippen molar-refractivity contribution in [2.24, 2.45) is 5.92 Å². The Labute approximate surface area is 113 Å². The summed E-state index contributed by atoms with van der Waals surface area (Å²) >= 11 is 0. The van der Waals surface area contributed by atoms with E-state index in [0.29, 0.717) is 12.1 Å². The second kappa shape index (κ2) is 4.34. The fourth-order valence-corrected chi connectivity index (χ4v) is 4.00. The summed E-state index contributed by atoms with van der Waals surface area (Å²) in [5.74, 6) is 0.379. The van der Waals surface area contributed by atoms with Crippen molar-refractivity contribution in [3.05, 3.63) is 29.3 Å². The summed E-state index contributed by atoms with van der Waals surface area (Å²) < 4.78 is 0. The number of aryl methyl sites for hydroxylation is 2. The van der Waals surface area contributed by atoms with Crippen molar-refractivity contribution >= 4 is 11.6 Å². The second-order valence-corrected chi connectivity index (χ2v) is 6.22. The molecule has 3 unspecified atom stereocenters. The molecule has 3 nitrogen and oxygen atoms in total. The first-order valence-electron chi connectivity index (χ1n) is 7.48. The molecule has 4 rings (SSSR count). The predicted octanol–water partition coefficient (Wildman–Crippen LogP) is 2.25. The zero-order chi connectivity index (χ0) is 12.8. The van der Waals surface area contributed by atoms with Crippen LogP contribution in [0.5, 0.6) is 0 Å². The van der Waals surface area contributed by atoms with E-state index in [4.69, 9.17) is 0 Å². The molecule has 1 aliphatic carbocycles. The lowest BCUT2D eigenvalue weighted by atomic mass is 9.88. The standard InChI is InChI=1S/C16H20N2O/c19-16(14-9-13-6-7-15(14)17-13)18-12-5-4-10-2-1-3-11(10)8-12/h4-5,8,13-15,17H,1-3,6-7,9H2,(H,18,19). The minimum atomic E-state index is 0.173. The monoisotopic (exact) mass is 256 g/mol. The maximum atomic E-state index is 12.4. The number of hydrogen-bond acceptors (Lipinski definition) is 2. The Morgan fingerprint density at radius 3 is 2.89 bits per heavy atom. The smallest absolute Gasteiger partial charge is 0.229 e. The number of carbonyl (C=O) groups excluding carboxylic acids is 1. The summed E-state index contributed by atoms with van der Waals surface area (Å²) in [6.45, 7) is 0. The molecule has 1 aromatic carbocycles. The molecule has 19 heavy (non-hydrogen) atoms. The van der Waals surface area contributed by atoms with Gasteiger partial charge in [-0.1, -0.05) is 6.07 Å². The van der Waals surface area contributed by atoms with Gasteiger partial charge in [-0.05, 0) is 61.8 Å². The normalized spacial score (nSPS) is 31.5. The Hall–Kier alpha value is -1.35. The Morgan fingerprint density at radius 2 is 2.11 bits per heavy atom. The zero-order valence-corrected chi connectivity index (χ0v) is 11.1. The molecular weight excluding hydrogens is 236 g/mol. The summed E-state index contributed by atoms with van der Waals surface area (Å²) in [7, 11) is 0. The highest BCUT2D eigenvalue weighted by atomic mass is 16.2. The number of fused-ring (bicyclic) bond motifs is 3. The van der Waals surface area contributed by atoms with Gasteiger partial charge in [0.15, 0.2) is 0 Å². The Kier molecular flexibility index (Phi) is 2.62. The molecule has 2 saturated heterocycles. The summed E-state index contributed by atoms with van der Waals surface area (Å²) in [4.78, 5) is 12.4. The summed E-state index contributed by atoms with van der Waals surface area (Å²) in [5.41, 5.74) is 3.86. The highest BCUT2D eigenvalue weighted by Gasteiger charge is 2.42. The van der Waals surface area contributed by atoms with Gasteiger partial charge in [0.25, 0.3) is 0 Å². The molecule has 0 radical (unpaired) electrons. The molecule has 2 bridgehead atoms. The lowest BCUT2D eigenvalue weighted by Crippen LogP contribution is -2.32. The van der Waals surface area contributed by atoms with Gasteiger partial charge >= 0.3 is 0 Å². The minimum absolute atomic E-state index is 0.173. The van der Waals surface area contributed by atoms with E-state index in [1.54, 1.807) is 0 Å². The largest absolute Gasteiger partial charge is 0.326 e. The first kappa shape index (κ1) is 11.5. The van der Waals surface area contributed by atoms with Crippen LogP contribution in [-0.4, -0.2) is 18.0 Å². The molecular formula is C16H20N2O. The van der Waals surface area contributed by atoms with Crippen LogP contribution >= 0.6 is 0 Å². The number of benzene rings is 1. The Morgan fingerprint density at radius 1 is 1.21 bits per heavy atom. The van der Waals surface area contributed by atoms with Crippen LogP contribution in [0.2, 0.25) is 0 Å². The van der Waals surface area contributed by atoms with Crippen molar-refractivity contribution in [3.63, 3.8) is 0 Å². The van der Waals surface area contributed by atoms with Crippen LogP contribution in [0.15, 0.2) is 18.2 Å². The molecule has 100 valence electrons. The third-order valence-electron chi connectivity index (χ3n) is 5.00. The minimum Gasteiger partial charge on any atom is -0.326 e. The van der Waals surface area contributed by atoms with E-state index in [9.17, 15) is 4.79 Å². The van der Waals surface area contributed by atoms with Gasteiger partial charge in [0.1, 0.15) is 0 Å². The molecule has 2 fully saturated rings. The van der Waals surface area contributed by atoms with Crippen molar-refractivity contribution in [1.82, 2.24) is 5.32 Å². The van der Waals surface area contributed by atoms with Crippen LogP contribution in [0.4, 0.5) is 5.69 Å². The molecule has 0 aromatic heterocycles. The van der Waals surface area contributed by atoms with E-state index in [1.165, 1.54) is 30.4 Å². The average Bonchev–Trinajstić information content (AvgIpc) is 3.13. The van der Waals surface area contributed by atoms with Crippen molar-refractivity contribution in [2.75, 3.05) is 5.32 Å². The fraction of sp³-hybridized carbons (Fsp3) is 0.562. The fourth-order valence-electron chi connectivity index (χ4n) is 4.00. The summed E-state index contributed by atoms with van der Waals surface area (Å²) in [6, 6.07) is 7.40. The van der Waals surface area contributed by atoms with E-state index in [-0.39, 0.29) is 11.8 Å². The third-order valence-corrected chi connectivity index (χ3v) is 5.00. The number of anilines is 1. The molecule has 1 amide bonds. The van der Waals surface area contributed by atoms with Crippen LogP contribution in [0.1, 0.15) is 36.8 Å². The molecule has 2 aliphatic heterocycles. The van der Waals surface area contributed by atoms with Crippen molar-refractivity contribution in [3.8, 4) is 0 Å². The van der Waals surface area contributed by atoms with Gasteiger partial charge in [-0.15, -0.1) is 0 Å². The molecule has 3 atom stereocenters. The highest BCUT2D eigenvalue weighted by Crippen LogP contribution is 2.34. The molecule has 1 aromatic rings. The van der Waals surface area contributed by atoms with Crippen LogP contribution < -0.4 is 10.6 Å². The van der Waals surface area contributed by atoms with Gasteiger partial charge in [0.2, 0.25) is 5.91 Å². The highest BCUT2D eigenvalue weighted by molar-refractivity contribution is 5.93.